The Morgan fingerprint density at radius 3 is 2.74 bits per heavy atom. The van der Waals surface area contributed by atoms with Crippen LogP contribution in [0.4, 0.5) is 5.69 Å². The molecule has 3 aliphatic heterocycles. The second kappa shape index (κ2) is 12.4. The van der Waals surface area contributed by atoms with Crippen molar-refractivity contribution in [3.05, 3.63) is 59.7 Å². The fourth-order valence-corrected chi connectivity index (χ4v) is 5.67. The van der Waals surface area contributed by atoms with E-state index in [0.717, 1.165) is 30.6 Å². The van der Waals surface area contributed by atoms with E-state index in [9.17, 15) is 14.4 Å². The van der Waals surface area contributed by atoms with Gasteiger partial charge in [-0.15, -0.1) is 0 Å². The van der Waals surface area contributed by atoms with Crippen LogP contribution in [0.1, 0.15) is 36.8 Å². The standard InChI is InChI=1S/C28H31N5O5S/c1-37-23-11-5-2-7-18(23)15-29-24(34)13-12-22-27(36)32-26-20-9-3-4-10-21(20)31-28(33(22)26)39-17-25(35)30-16-19-8-6-14-38-19/h2-5,7,9-11,19,22H,6,8,12-17H2,1H3,(H,29,34)(H,30,35). The molecule has 0 bridgehead atoms. The number of nitrogens with zero attached hydrogens (tertiary/aromatic N) is 3. The van der Waals surface area contributed by atoms with E-state index in [1.165, 1.54) is 11.8 Å². The number of rotatable bonds is 10. The maximum atomic E-state index is 13.0. The number of amidine groups is 2. The number of para-hydroxylation sites is 2. The molecule has 0 spiro atoms. The van der Waals surface area contributed by atoms with Gasteiger partial charge in [-0.2, -0.15) is 4.99 Å². The summed E-state index contributed by atoms with van der Waals surface area (Å²) in [5.41, 5.74) is 2.31. The molecule has 2 unspecified atom stereocenters. The molecule has 2 N–H and O–H groups in total. The average molecular weight is 550 g/mol. The number of aliphatic imine (C=N–C) groups is 2. The van der Waals surface area contributed by atoms with Crippen molar-refractivity contribution in [2.75, 3.05) is 26.0 Å². The molecule has 1 saturated heterocycles. The maximum Gasteiger partial charge on any atom is 0.270 e. The number of hydrogen-bond donors (Lipinski definition) is 2. The van der Waals surface area contributed by atoms with Gasteiger partial charge in [0.25, 0.3) is 5.91 Å². The Balaban J connectivity index is 1.23. The highest BCUT2D eigenvalue weighted by Gasteiger charge is 2.41. The fourth-order valence-electron chi connectivity index (χ4n) is 4.79. The maximum absolute atomic E-state index is 13.0. The van der Waals surface area contributed by atoms with Crippen LogP contribution < -0.4 is 15.4 Å². The van der Waals surface area contributed by atoms with E-state index < -0.39 is 6.04 Å². The van der Waals surface area contributed by atoms with Gasteiger partial charge in [0.05, 0.1) is 24.7 Å². The number of benzene rings is 2. The predicted molar refractivity (Wildman–Crippen MR) is 149 cm³/mol. The lowest BCUT2D eigenvalue weighted by atomic mass is 10.1. The van der Waals surface area contributed by atoms with Gasteiger partial charge in [-0.25, -0.2) is 4.99 Å². The van der Waals surface area contributed by atoms with Crippen LogP contribution in [-0.4, -0.2) is 71.8 Å². The van der Waals surface area contributed by atoms with Crippen molar-refractivity contribution in [2.24, 2.45) is 9.98 Å². The quantitative estimate of drug-likeness (QED) is 0.467. The van der Waals surface area contributed by atoms with E-state index in [4.69, 9.17) is 14.5 Å². The molecule has 2 aromatic rings. The largest absolute Gasteiger partial charge is 0.496 e. The Labute approximate surface area is 231 Å². The topological polar surface area (TPSA) is 122 Å². The molecule has 3 amide bonds. The van der Waals surface area contributed by atoms with Crippen molar-refractivity contribution in [1.29, 1.82) is 0 Å². The lowest BCUT2D eigenvalue weighted by Gasteiger charge is -2.31. The zero-order chi connectivity index (χ0) is 27.2. The van der Waals surface area contributed by atoms with Gasteiger partial charge in [0.15, 0.2) is 5.17 Å². The van der Waals surface area contributed by atoms with Gasteiger partial charge in [-0.3, -0.25) is 19.3 Å². The molecular weight excluding hydrogens is 518 g/mol. The number of fused-ring (bicyclic) bond motifs is 3. The SMILES string of the molecule is COc1ccccc1CNC(=O)CCC1C(=O)N=C2c3ccccc3N=C(SCC(=O)NCC3CCCO3)N21. The number of ether oxygens (including phenoxy) is 2. The molecule has 1 fully saturated rings. The summed E-state index contributed by atoms with van der Waals surface area (Å²) >= 11 is 1.26. The second-order valence-electron chi connectivity index (χ2n) is 9.43. The summed E-state index contributed by atoms with van der Waals surface area (Å²) in [7, 11) is 1.59. The van der Waals surface area contributed by atoms with Crippen molar-refractivity contribution >= 4 is 46.2 Å². The first kappa shape index (κ1) is 26.9. The molecule has 39 heavy (non-hydrogen) atoms. The molecule has 204 valence electrons. The van der Waals surface area contributed by atoms with Crippen LogP contribution in [0, 0.1) is 0 Å². The van der Waals surface area contributed by atoms with Crippen molar-refractivity contribution in [3.63, 3.8) is 0 Å². The highest BCUT2D eigenvalue weighted by molar-refractivity contribution is 8.14. The van der Waals surface area contributed by atoms with Crippen LogP contribution >= 0.6 is 11.8 Å². The first-order chi connectivity index (χ1) is 19.0. The predicted octanol–water partition coefficient (Wildman–Crippen LogP) is 2.78. The van der Waals surface area contributed by atoms with Crippen LogP contribution in [0.5, 0.6) is 5.75 Å². The summed E-state index contributed by atoms with van der Waals surface area (Å²) in [5.74, 6) is 0.708. The highest BCUT2D eigenvalue weighted by atomic mass is 32.2. The molecule has 3 heterocycles. The van der Waals surface area contributed by atoms with E-state index in [-0.39, 0.29) is 42.4 Å². The van der Waals surface area contributed by atoms with Gasteiger partial charge in [-0.05, 0) is 37.5 Å². The van der Waals surface area contributed by atoms with E-state index in [0.29, 0.717) is 35.5 Å². The van der Waals surface area contributed by atoms with Crippen LogP contribution in [0.3, 0.4) is 0 Å². The number of carbonyl (C=O) groups is 3. The molecule has 0 radical (unpaired) electrons. The van der Waals surface area contributed by atoms with Crippen molar-refractivity contribution in [3.8, 4) is 5.75 Å². The molecular formula is C28H31N5O5S. The number of nitrogens with one attached hydrogen (secondary N) is 2. The number of carbonyl (C=O) groups excluding carboxylic acids is 3. The minimum Gasteiger partial charge on any atom is -0.496 e. The number of methoxy groups -OCH3 is 1. The Morgan fingerprint density at radius 1 is 1.10 bits per heavy atom. The molecule has 0 aromatic heterocycles. The van der Waals surface area contributed by atoms with E-state index in [1.54, 1.807) is 12.0 Å². The van der Waals surface area contributed by atoms with Crippen LogP contribution in [-0.2, 0) is 25.7 Å². The normalized spacial score (nSPS) is 19.6. The summed E-state index contributed by atoms with van der Waals surface area (Å²) in [6.45, 7) is 1.54. The van der Waals surface area contributed by atoms with E-state index in [1.807, 2.05) is 48.5 Å². The third kappa shape index (κ3) is 6.31. The zero-order valence-corrected chi connectivity index (χ0v) is 22.5. The van der Waals surface area contributed by atoms with Crippen molar-refractivity contribution in [2.45, 2.75) is 44.4 Å². The van der Waals surface area contributed by atoms with E-state index in [2.05, 4.69) is 15.6 Å². The minimum absolute atomic E-state index is 0.0614. The molecule has 0 saturated carbocycles. The van der Waals surface area contributed by atoms with Gasteiger partial charge >= 0.3 is 0 Å². The molecule has 10 nitrogen and oxygen atoms in total. The van der Waals surface area contributed by atoms with Gasteiger partial charge in [0, 0.05) is 37.2 Å². The molecule has 2 aromatic carbocycles. The molecule has 0 aliphatic carbocycles. The van der Waals surface area contributed by atoms with Gasteiger partial charge in [0.1, 0.15) is 17.6 Å². The van der Waals surface area contributed by atoms with Crippen LogP contribution in [0.25, 0.3) is 0 Å². The van der Waals surface area contributed by atoms with Gasteiger partial charge in [0.2, 0.25) is 11.8 Å². The minimum atomic E-state index is -0.674. The molecule has 2 atom stereocenters. The smallest absolute Gasteiger partial charge is 0.270 e. The third-order valence-electron chi connectivity index (χ3n) is 6.80. The summed E-state index contributed by atoms with van der Waals surface area (Å²) in [4.78, 5) is 49.1. The first-order valence-electron chi connectivity index (χ1n) is 13.0. The van der Waals surface area contributed by atoms with Crippen LogP contribution in [0.15, 0.2) is 58.5 Å². The Bertz CT molecular complexity index is 1310. The molecule has 11 heteroatoms. The first-order valence-corrected chi connectivity index (χ1v) is 14.0. The van der Waals surface area contributed by atoms with E-state index >= 15 is 0 Å². The lowest BCUT2D eigenvalue weighted by Crippen LogP contribution is -2.44. The number of amides is 3. The average Bonchev–Trinajstić information content (AvgIpc) is 3.60. The van der Waals surface area contributed by atoms with Crippen molar-refractivity contribution < 1.29 is 23.9 Å². The number of thioether (sulfide) groups is 1. The summed E-state index contributed by atoms with van der Waals surface area (Å²) in [6, 6.07) is 14.3. The number of hydrogen-bond acceptors (Lipinski definition) is 8. The second-order valence-corrected chi connectivity index (χ2v) is 10.4. The highest BCUT2D eigenvalue weighted by Crippen LogP contribution is 2.35. The lowest BCUT2D eigenvalue weighted by molar-refractivity contribution is -0.122. The monoisotopic (exact) mass is 549 g/mol. The third-order valence-corrected chi connectivity index (χ3v) is 7.76. The molecule has 5 rings (SSSR count). The summed E-state index contributed by atoms with van der Waals surface area (Å²) in [5, 5.41) is 6.34. The van der Waals surface area contributed by atoms with Crippen molar-refractivity contribution in [1.82, 2.24) is 15.5 Å². The Kier molecular flexibility index (Phi) is 8.58. The molecule has 3 aliphatic rings. The van der Waals surface area contributed by atoms with Crippen LogP contribution in [0.2, 0.25) is 0 Å². The summed E-state index contributed by atoms with van der Waals surface area (Å²) in [6.07, 6.45) is 2.41. The Hall–Kier alpha value is -3.70. The Morgan fingerprint density at radius 2 is 1.92 bits per heavy atom. The zero-order valence-electron chi connectivity index (χ0n) is 21.7. The fraction of sp³-hybridized carbons (Fsp3) is 0.393. The summed E-state index contributed by atoms with van der Waals surface area (Å²) < 4.78 is 10.9. The van der Waals surface area contributed by atoms with Gasteiger partial charge in [-0.1, -0.05) is 42.1 Å². The van der Waals surface area contributed by atoms with Gasteiger partial charge < -0.3 is 20.1 Å².